The lowest BCUT2D eigenvalue weighted by Gasteiger charge is -2.48. The minimum atomic E-state index is -2.05. The SMILES string of the molecule is CC1OC(O[C@H](C)CC[C@@H]2C[C@H]2C(=O)O)C(O[Si](C)(C)C(C)(C)C)CC1O[Si](C)(C)C(C)(C)C. The summed E-state index contributed by atoms with van der Waals surface area (Å²) in [6, 6.07) is 0. The summed E-state index contributed by atoms with van der Waals surface area (Å²) in [4.78, 5) is 11.1. The average Bonchev–Trinajstić information content (AvgIpc) is 3.41. The van der Waals surface area contributed by atoms with Crippen LogP contribution in [0.25, 0.3) is 0 Å². The van der Waals surface area contributed by atoms with Gasteiger partial charge in [-0.05, 0) is 75.3 Å². The van der Waals surface area contributed by atoms with Crippen LogP contribution in [0.3, 0.4) is 0 Å². The van der Waals surface area contributed by atoms with Gasteiger partial charge >= 0.3 is 5.97 Å². The van der Waals surface area contributed by atoms with Gasteiger partial charge in [-0.25, -0.2) is 0 Å². The van der Waals surface area contributed by atoms with Gasteiger partial charge in [0.05, 0.1) is 30.3 Å². The van der Waals surface area contributed by atoms with E-state index in [0.29, 0.717) is 0 Å². The van der Waals surface area contributed by atoms with Gasteiger partial charge in [0.15, 0.2) is 22.9 Å². The van der Waals surface area contributed by atoms with Crippen LogP contribution in [0.15, 0.2) is 0 Å². The van der Waals surface area contributed by atoms with E-state index in [0.717, 1.165) is 25.7 Å². The fraction of sp³-hybridized carbons (Fsp3) is 0.962. The fourth-order valence-corrected chi connectivity index (χ4v) is 6.73. The number of ether oxygens (including phenoxy) is 2. The molecule has 0 aromatic heterocycles. The number of hydrogen-bond acceptors (Lipinski definition) is 5. The third-order valence-electron chi connectivity index (χ3n) is 8.70. The number of hydrogen-bond donors (Lipinski definition) is 1. The van der Waals surface area contributed by atoms with E-state index in [1.165, 1.54) is 0 Å². The van der Waals surface area contributed by atoms with Crippen molar-refractivity contribution in [2.75, 3.05) is 0 Å². The molecule has 2 aliphatic rings. The van der Waals surface area contributed by atoms with Crippen LogP contribution in [0.1, 0.15) is 81.1 Å². The zero-order valence-electron chi connectivity index (χ0n) is 23.9. The van der Waals surface area contributed by atoms with Gasteiger partial charge in [0, 0.05) is 6.42 Å². The van der Waals surface area contributed by atoms with Crippen LogP contribution in [0.4, 0.5) is 0 Å². The van der Waals surface area contributed by atoms with Gasteiger partial charge in [0.2, 0.25) is 0 Å². The fourth-order valence-electron chi connectivity index (χ4n) is 4.01. The minimum absolute atomic E-state index is 0.0179. The van der Waals surface area contributed by atoms with Crippen LogP contribution in [0, 0.1) is 11.8 Å². The number of carbonyl (C=O) groups is 1. The molecule has 0 aromatic rings. The molecule has 1 saturated carbocycles. The summed E-state index contributed by atoms with van der Waals surface area (Å²) in [5, 5.41) is 9.38. The van der Waals surface area contributed by atoms with E-state index in [4.69, 9.17) is 18.3 Å². The highest BCUT2D eigenvalue weighted by molar-refractivity contribution is 6.74. The third-order valence-corrected chi connectivity index (χ3v) is 17.7. The first-order valence-electron chi connectivity index (χ1n) is 13.1. The Balaban J connectivity index is 2.11. The first-order chi connectivity index (χ1) is 15.2. The summed E-state index contributed by atoms with van der Waals surface area (Å²) in [6.45, 7) is 26.8. The van der Waals surface area contributed by atoms with Crippen molar-refractivity contribution in [1.29, 1.82) is 0 Å². The van der Waals surface area contributed by atoms with Crippen molar-refractivity contribution in [1.82, 2.24) is 0 Å². The molecule has 1 saturated heterocycles. The van der Waals surface area contributed by atoms with E-state index in [1.54, 1.807) is 0 Å². The minimum Gasteiger partial charge on any atom is -0.481 e. The molecular formula is C26H52O6Si2. The molecule has 0 radical (unpaired) electrons. The Morgan fingerprint density at radius 2 is 1.47 bits per heavy atom. The van der Waals surface area contributed by atoms with Crippen LogP contribution in [0.2, 0.25) is 36.3 Å². The lowest BCUT2D eigenvalue weighted by Crippen LogP contribution is -2.57. The van der Waals surface area contributed by atoms with Gasteiger partial charge in [0.25, 0.3) is 0 Å². The average molecular weight is 517 g/mol. The first-order valence-corrected chi connectivity index (χ1v) is 19.0. The molecule has 8 heteroatoms. The number of carboxylic acid groups (broad SMARTS) is 1. The van der Waals surface area contributed by atoms with Crippen molar-refractivity contribution in [3.63, 3.8) is 0 Å². The summed E-state index contributed by atoms with van der Waals surface area (Å²) < 4.78 is 26.6. The van der Waals surface area contributed by atoms with Crippen molar-refractivity contribution in [3.05, 3.63) is 0 Å². The van der Waals surface area contributed by atoms with Gasteiger partial charge in [-0.3, -0.25) is 4.79 Å². The van der Waals surface area contributed by atoms with Crippen molar-refractivity contribution in [3.8, 4) is 0 Å². The summed E-state index contributed by atoms with van der Waals surface area (Å²) in [6.07, 6.45) is 2.54. The van der Waals surface area contributed by atoms with E-state index in [2.05, 4.69) is 81.6 Å². The Labute approximate surface area is 210 Å². The molecule has 34 heavy (non-hydrogen) atoms. The normalized spacial score (nSPS) is 31.9. The zero-order chi connectivity index (χ0) is 26.3. The van der Waals surface area contributed by atoms with Crippen molar-refractivity contribution < 1.29 is 28.2 Å². The van der Waals surface area contributed by atoms with Crippen LogP contribution in [-0.2, 0) is 23.1 Å². The second kappa shape index (κ2) is 10.6. The highest BCUT2D eigenvalue weighted by atomic mass is 28.4. The smallest absolute Gasteiger partial charge is 0.306 e. The Morgan fingerprint density at radius 3 is 1.91 bits per heavy atom. The molecule has 1 aliphatic heterocycles. The monoisotopic (exact) mass is 516 g/mol. The summed E-state index contributed by atoms with van der Waals surface area (Å²) >= 11 is 0. The lowest BCUT2D eigenvalue weighted by molar-refractivity contribution is -0.268. The Hall–Kier alpha value is -0.256. The van der Waals surface area contributed by atoms with Gasteiger partial charge in [-0.1, -0.05) is 41.5 Å². The molecule has 6 nitrogen and oxygen atoms in total. The van der Waals surface area contributed by atoms with E-state index in [1.807, 2.05) is 0 Å². The van der Waals surface area contributed by atoms with Crippen LogP contribution in [-0.4, -0.2) is 58.4 Å². The largest absolute Gasteiger partial charge is 0.481 e. The molecule has 0 amide bonds. The second-order valence-corrected chi connectivity index (χ2v) is 23.3. The van der Waals surface area contributed by atoms with E-state index >= 15 is 0 Å². The van der Waals surface area contributed by atoms with Gasteiger partial charge < -0.3 is 23.4 Å². The van der Waals surface area contributed by atoms with Crippen LogP contribution in [0.5, 0.6) is 0 Å². The molecule has 1 N–H and O–H groups in total. The standard InChI is InChI=1S/C26H52O6Si2/c1-17(13-14-19-15-20(19)23(27)28)29-24-22(32-34(11,12)26(6,7)8)16-21(18(2)30-24)31-33(9,10)25(3,4)5/h17-22,24H,13-16H2,1-12H3,(H,27,28)/t17-,18?,19-,20-,21?,22?,24?/m1/s1. The van der Waals surface area contributed by atoms with Crippen molar-refractivity contribution >= 4 is 22.6 Å². The molecule has 0 aromatic carbocycles. The highest BCUT2D eigenvalue weighted by Crippen LogP contribution is 2.44. The molecule has 0 bridgehead atoms. The van der Waals surface area contributed by atoms with Gasteiger partial charge in [-0.2, -0.15) is 0 Å². The maximum absolute atomic E-state index is 11.1. The predicted octanol–water partition coefficient (Wildman–Crippen LogP) is 6.81. The Bertz CT molecular complexity index is 696. The second-order valence-electron chi connectivity index (χ2n) is 13.7. The molecule has 2 rings (SSSR count). The topological polar surface area (TPSA) is 74.2 Å². The molecular weight excluding hydrogens is 464 g/mol. The van der Waals surface area contributed by atoms with Gasteiger partial charge in [-0.15, -0.1) is 0 Å². The molecule has 200 valence electrons. The Morgan fingerprint density at radius 1 is 0.971 bits per heavy atom. The van der Waals surface area contributed by atoms with Crippen LogP contribution >= 0.6 is 0 Å². The third kappa shape index (κ3) is 7.62. The summed E-state index contributed by atoms with van der Waals surface area (Å²) in [7, 11) is -4.01. The number of rotatable bonds is 10. The molecule has 1 aliphatic carbocycles. The predicted molar refractivity (Wildman–Crippen MR) is 142 cm³/mol. The van der Waals surface area contributed by atoms with Crippen LogP contribution < -0.4 is 0 Å². The zero-order valence-corrected chi connectivity index (χ0v) is 25.9. The van der Waals surface area contributed by atoms with E-state index in [9.17, 15) is 9.90 Å². The molecule has 0 spiro atoms. The van der Waals surface area contributed by atoms with Crippen molar-refractivity contribution in [2.24, 2.45) is 11.8 Å². The van der Waals surface area contributed by atoms with Crippen molar-refractivity contribution in [2.45, 2.75) is 148 Å². The quantitative estimate of drug-likeness (QED) is 0.322. The molecule has 2 fully saturated rings. The summed E-state index contributed by atoms with van der Waals surface area (Å²) in [5.74, 6) is -0.545. The lowest BCUT2D eigenvalue weighted by atomic mass is 10.0. The van der Waals surface area contributed by atoms with Gasteiger partial charge in [0.1, 0.15) is 0 Å². The summed E-state index contributed by atoms with van der Waals surface area (Å²) in [5.41, 5.74) is 0. The molecule has 1 heterocycles. The maximum atomic E-state index is 11.1. The number of carboxylic acids is 1. The molecule has 4 unspecified atom stereocenters. The maximum Gasteiger partial charge on any atom is 0.306 e. The van der Waals surface area contributed by atoms with E-state index in [-0.39, 0.29) is 46.3 Å². The van der Waals surface area contributed by atoms with E-state index < -0.39 is 28.9 Å². The number of aliphatic carboxylic acids is 1. The molecule has 7 atom stereocenters. The highest BCUT2D eigenvalue weighted by Gasteiger charge is 2.48. The first kappa shape index (κ1) is 30.0. The Kier molecular flexibility index (Phi) is 9.36.